The Morgan fingerprint density at radius 2 is 1.78 bits per heavy atom. The highest BCUT2D eigenvalue weighted by molar-refractivity contribution is 7.92. The Bertz CT molecular complexity index is 1470. The van der Waals surface area contributed by atoms with Gasteiger partial charge >= 0.3 is 5.97 Å². The van der Waals surface area contributed by atoms with Crippen LogP contribution in [0.5, 0.6) is 0 Å². The topological polar surface area (TPSA) is 106 Å². The molecule has 2 aliphatic rings. The van der Waals surface area contributed by atoms with E-state index in [1.54, 1.807) is 30.3 Å². The number of carbonyl (C=O) groups excluding carboxylic acids is 1. The number of nitrogens with zero attached hydrogens (tertiary/aromatic N) is 1. The number of ether oxygens (including phenoxy) is 1. The lowest BCUT2D eigenvalue weighted by Crippen LogP contribution is -2.31. The van der Waals surface area contributed by atoms with Gasteiger partial charge in [-0.1, -0.05) is 57.0 Å². The number of aliphatic hydroxyl groups excluding tert-OH is 1. The number of esters is 1. The van der Waals surface area contributed by atoms with Gasteiger partial charge in [-0.2, -0.15) is 8.42 Å². The maximum Gasteiger partial charge on any atom is 0.339 e. The molecule has 8 heteroatoms. The summed E-state index contributed by atoms with van der Waals surface area (Å²) in [7, 11) is -3.94. The molecule has 5 rings (SSSR count). The molecule has 1 aliphatic heterocycles. The number of fused-ring (bicyclic) bond motifs is 1. The van der Waals surface area contributed by atoms with Crippen LogP contribution in [0, 0.1) is 5.92 Å². The normalized spacial score (nSPS) is 18.2. The molecule has 1 atom stereocenters. The number of pyridine rings is 1. The number of para-hydroxylation sites is 1. The second kappa shape index (κ2) is 9.82. The highest BCUT2D eigenvalue weighted by Crippen LogP contribution is 2.52. The summed E-state index contributed by atoms with van der Waals surface area (Å²) < 4.78 is 34.8. The smallest absolute Gasteiger partial charge is 0.339 e. The van der Waals surface area contributed by atoms with E-state index in [0.29, 0.717) is 29.6 Å². The summed E-state index contributed by atoms with van der Waals surface area (Å²) >= 11 is 0. The number of carbonyl (C=O) groups is 1. The molecule has 37 heavy (non-hydrogen) atoms. The highest BCUT2D eigenvalue weighted by atomic mass is 32.2. The number of hydrogen-bond donors (Lipinski definition) is 2. The molecule has 2 N–H and O–H groups in total. The molecule has 0 amide bonds. The molecule has 1 unspecified atom stereocenters. The van der Waals surface area contributed by atoms with Crippen LogP contribution in [0.4, 0.5) is 5.69 Å². The molecule has 0 saturated heterocycles. The Kier molecular flexibility index (Phi) is 6.70. The predicted molar refractivity (Wildman–Crippen MR) is 143 cm³/mol. The van der Waals surface area contributed by atoms with Crippen LogP contribution in [0.3, 0.4) is 0 Å². The van der Waals surface area contributed by atoms with E-state index < -0.39 is 21.6 Å². The summed E-state index contributed by atoms with van der Waals surface area (Å²) in [6, 6.07) is 17.6. The zero-order chi connectivity index (χ0) is 26.2. The molecule has 0 spiro atoms. The quantitative estimate of drug-likeness (QED) is 0.307. The maximum absolute atomic E-state index is 13.2. The SMILES string of the molecule is CCCC1(CCC)OC(=O)C(C(c2cccc(NS(=O)(=O)c3ccc4ccccc4n3)c2)C2CC2)=C1O. The van der Waals surface area contributed by atoms with Gasteiger partial charge in [0.15, 0.2) is 10.6 Å². The molecule has 2 aromatic carbocycles. The number of aliphatic hydroxyl groups is 1. The van der Waals surface area contributed by atoms with Crippen LogP contribution in [-0.4, -0.2) is 30.1 Å². The van der Waals surface area contributed by atoms with Crippen molar-refractivity contribution in [1.29, 1.82) is 0 Å². The zero-order valence-corrected chi connectivity index (χ0v) is 21.9. The first-order valence-electron chi connectivity index (χ1n) is 12.9. The van der Waals surface area contributed by atoms with Crippen molar-refractivity contribution in [1.82, 2.24) is 4.98 Å². The fourth-order valence-corrected chi connectivity index (χ4v) is 6.48. The summed E-state index contributed by atoms with van der Waals surface area (Å²) in [6.07, 6.45) is 4.55. The minimum Gasteiger partial charge on any atom is -0.507 e. The van der Waals surface area contributed by atoms with Gasteiger partial charge in [0.2, 0.25) is 0 Å². The number of aromatic nitrogens is 1. The lowest BCUT2D eigenvalue weighted by molar-refractivity contribution is -0.149. The van der Waals surface area contributed by atoms with E-state index >= 15 is 0 Å². The third-order valence-electron chi connectivity index (χ3n) is 7.25. The Morgan fingerprint density at radius 3 is 2.49 bits per heavy atom. The van der Waals surface area contributed by atoms with Crippen LogP contribution in [-0.2, 0) is 19.6 Å². The van der Waals surface area contributed by atoms with E-state index in [1.165, 1.54) is 6.07 Å². The number of anilines is 1. The van der Waals surface area contributed by atoms with Crippen molar-refractivity contribution in [3.63, 3.8) is 0 Å². The molecule has 1 aliphatic carbocycles. The molecular weight excluding hydrogens is 488 g/mol. The lowest BCUT2D eigenvalue weighted by Gasteiger charge is -2.27. The fraction of sp³-hybridized carbons (Fsp3) is 0.379. The first-order chi connectivity index (χ1) is 17.8. The number of rotatable bonds is 10. The third kappa shape index (κ3) is 4.82. The van der Waals surface area contributed by atoms with Gasteiger partial charge in [0.25, 0.3) is 10.0 Å². The summed E-state index contributed by atoms with van der Waals surface area (Å²) in [4.78, 5) is 17.5. The van der Waals surface area contributed by atoms with Gasteiger partial charge in [0.1, 0.15) is 5.76 Å². The van der Waals surface area contributed by atoms with E-state index in [2.05, 4.69) is 9.71 Å². The molecule has 1 fully saturated rings. The number of benzene rings is 2. The van der Waals surface area contributed by atoms with E-state index in [1.807, 2.05) is 38.1 Å². The average Bonchev–Trinajstić information content (AvgIpc) is 3.68. The Morgan fingerprint density at radius 1 is 1.05 bits per heavy atom. The second-order valence-electron chi connectivity index (χ2n) is 10.0. The zero-order valence-electron chi connectivity index (χ0n) is 21.1. The van der Waals surface area contributed by atoms with E-state index in [9.17, 15) is 18.3 Å². The molecule has 0 radical (unpaired) electrons. The standard InChI is InChI=1S/C29H32N2O5S/c1-3-16-29(17-4-2)27(32)26(28(33)36-29)25(20-12-13-20)21-9-7-10-22(18-21)31-37(34,35)24-15-14-19-8-5-6-11-23(19)30-24/h5-11,14-15,18,20,25,31-32H,3-4,12-13,16-17H2,1-2H3. The second-order valence-corrected chi connectivity index (χ2v) is 11.7. The number of sulfonamides is 1. The fourth-order valence-electron chi connectivity index (χ4n) is 5.47. The molecule has 2 heterocycles. The number of hydrogen-bond acceptors (Lipinski definition) is 6. The van der Waals surface area contributed by atoms with Crippen molar-refractivity contribution in [2.75, 3.05) is 4.72 Å². The monoisotopic (exact) mass is 520 g/mol. The van der Waals surface area contributed by atoms with Crippen molar-refractivity contribution in [2.45, 2.75) is 68.9 Å². The Balaban J connectivity index is 1.48. The first kappa shape index (κ1) is 25.3. The van der Waals surface area contributed by atoms with Gasteiger partial charge < -0.3 is 9.84 Å². The highest BCUT2D eigenvalue weighted by Gasteiger charge is 2.51. The molecule has 7 nitrogen and oxygen atoms in total. The van der Waals surface area contributed by atoms with Crippen molar-refractivity contribution < 1.29 is 23.1 Å². The van der Waals surface area contributed by atoms with Gasteiger partial charge in [0, 0.05) is 17.0 Å². The van der Waals surface area contributed by atoms with Crippen molar-refractivity contribution in [3.05, 3.63) is 77.6 Å². The molecule has 1 saturated carbocycles. The number of nitrogens with one attached hydrogen (secondary N) is 1. The molecule has 0 bridgehead atoms. The minimum atomic E-state index is -3.94. The average molecular weight is 521 g/mol. The van der Waals surface area contributed by atoms with Crippen LogP contribution in [0.15, 0.2) is 77.0 Å². The van der Waals surface area contributed by atoms with Gasteiger partial charge in [-0.15, -0.1) is 0 Å². The lowest BCUT2D eigenvalue weighted by atomic mass is 9.82. The molecule has 194 valence electrons. The van der Waals surface area contributed by atoms with Crippen LogP contribution in [0.1, 0.15) is 63.9 Å². The van der Waals surface area contributed by atoms with Crippen molar-refractivity contribution in [3.8, 4) is 0 Å². The van der Waals surface area contributed by atoms with E-state index in [-0.39, 0.29) is 22.6 Å². The summed E-state index contributed by atoms with van der Waals surface area (Å²) in [5.74, 6) is -0.587. The summed E-state index contributed by atoms with van der Waals surface area (Å²) in [6.45, 7) is 4.02. The predicted octanol–water partition coefficient (Wildman–Crippen LogP) is 6.24. The van der Waals surface area contributed by atoms with Crippen LogP contribution >= 0.6 is 0 Å². The van der Waals surface area contributed by atoms with Gasteiger partial charge in [-0.3, -0.25) is 4.72 Å². The van der Waals surface area contributed by atoms with E-state index in [4.69, 9.17) is 4.74 Å². The maximum atomic E-state index is 13.2. The molecule has 3 aromatic rings. The minimum absolute atomic E-state index is 0.0458. The van der Waals surface area contributed by atoms with E-state index in [0.717, 1.165) is 36.6 Å². The number of cyclic esters (lactones) is 1. The third-order valence-corrected chi connectivity index (χ3v) is 8.54. The first-order valence-corrected chi connectivity index (χ1v) is 14.4. The molecule has 1 aromatic heterocycles. The largest absolute Gasteiger partial charge is 0.507 e. The van der Waals surface area contributed by atoms with Crippen LogP contribution in [0.2, 0.25) is 0 Å². The van der Waals surface area contributed by atoms with Crippen molar-refractivity contribution >= 4 is 32.6 Å². The van der Waals surface area contributed by atoms with Crippen LogP contribution in [0.25, 0.3) is 10.9 Å². The van der Waals surface area contributed by atoms with Gasteiger partial charge in [-0.05, 0) is 67.5 Å². The molecular formula is C29H32N2O5S. The Labute approximate surface area is 217 Å². The summed E-state index contributed by atoms with van der Waals surface area (Å²) in [5.41, 5.74) is 1.09. The van der Waals surface area contributed by atoms with Gasteiger partial charge in [0.05, 0.1) is 11.1 Å². The summed E-state index contributed by atoms with van der Waals surface area (Å²) in [5, 5.41) is 12.1. The van der Waals surface area contributed by atoms with Crippen molar-refractivity contribution in [2.24, 2.45) is 5.92 Å². The Hall–Kier alpha value is -3.39. The van der Waals surface area contributed by atoms with Crippen LogP contribution < -0.4 is 4.72 Å². The van der Waals surface area contributed by atoms with Gasteiger partial charge in [-0.25, -0.2) is 9.78 Å².